The first kappa shape index (κ1) is 17.1. The Morgan fingerprint density at radius 2 is 1.65 bits per heavy atom. The van der Waals surface area contributed by atoms with Crippen molar-refractivity contribution in [3.05, 3.63) is 29.8 Å². The summed E-state index contributed by atoms with van der Waals surface area (Å²) in [5, 5.41) is 3.13. The van der Waals surface area contributed by atoms with E-state index in [9.17, 15) is 8.42 Å². The van der Waals surface area contributed by atoms with Crippen molar-refractivity contribution in [2.75, 3.05) is 7.05 Å². The lowest BCUT2D eigenvalue weighted by atomic mass is 10.0. The van der Waals surface area contributed by atoms with Crippen LogP contribution in [0.1, 0.15) is 45.7 Å². The molecule has 2 N–H and O–H groups in total. The number of hydrogen-bond donors (Lipinski definition) is 2. The van der Waals surface area contributed by atoms with E-state index >= 15 is 0 Å². The predicted molar refractivity (Wildman–Crippen MR) is 83.2 cm³/mol. The molecule has 0 aliphatic heterocycles. The third kappa shape index (κ3) is 4.30. The summed E-state index contributed by atoms with van der Waals surface area (Å²) in [7, 11) is -1.55. The van der Waals surface area contributed by atoms with Crippen molar-refractivity contribution in [1.29, 1.82) is 0 Å². The first-order chi connectivity index (χ1) is 9.31. The molecule has 4 nitrogen and oxygen atoms in total. The van der Waals surface area contributed by atoms with Gasteiger partial charge in [0, 0.05) is 12.1 Å². The Morgan fingerprint density at radius 1 is 1.10 bits per heavy atom. The van der Waals surface area contributed by atoms with Crippen molar-refractivity contribution in [3.63, 3.8) is 0 Å². The maximum absolute atomic E-state index is 12.3. The predicted octanol–water partition coefficient (Wildman–Crippen LogP) is 2.68. The molecule has 0 spiro atoms. The van der Waals surface area contributed by atoms with Crippen LogP contribution >= 0.6 is 0 Å². The Bertz CT molecular complexity index is 511. The largest absolute Gasteiger partial charge is 0.313 e. The first-order valence-electron chi connectivity index (χ1n) is 7.11. The van der Waals surface area contributed by atoms with Gasteiger partial charge in [0.05, 0.1) is 4.90 Å². The number of nitrogens with one attached hydrogen (secondary N) is 2. The second kappa shape index (κ2) is 7.20. The van der Waals surface area contributed by atoms with Crippen molar-refractivity contribution in [2.24, 2.45) is 5.92 Å². The van der Waals surface area contributed by atoms with Crippen LogP contribution in [0.5, 0.6) is 0 Å². The summed E-state index contributed by atoms with van der Waals surface area (Å²) in [5.41, 5.74) is 1.07. The summed E-state index contributed by atoms with van der Waals surface area (Å²) in [5.74, 6) is 0.313. The Hall–Kier alpha value is -0.910. The van der Waals surface area contributed by atoms with Gasteiger partial charge in [-0.3, -0.25) is 0 Å². The maximum Gasteiger partial charge on any atom is 0.240 e. The van der Waals surface area contributed by atoms with Crippen LogP contribution in [0.2, 0.25) is 0 Å². The fourth-order valence-corrected chi connectivity index (χ4v) is 3.24. The van der Waals surface area contributed by atoms with Crippen LogP contribution in [0.25, 0.3) is 0 Å². The van der Waals surface area contributed by atoms with E-state index in [0.29, 0.717) is 10.8 Å². The van der Waals surface area contributed by atoms with Crippen molar-refractivity contribution in [3.8, 4) is 0 Å². The van der Waals surface area contributed by atoms with Gasteiger partial charge >= 0.3 is 0 Å². The van der Waals surface area contributed by atoms with Crippen molar-refractivity contribution in [2.45, 2.75) is 51.1 Å². The summed E-state index contributed by atoms with van der Waals surface area (Å²) in [4.78, 5) is 0.319. The molecule has 3 atom stereocenters. The zero-order valence-corrected chi connectivity index (χ0v) is 13.8. The van der Waals surface area contributed by atoms with Gasteiger partial charge in [0.15, 0.2) is 0 Å². The van der Waals surface area contributed by atoms with Crippen molar-refractivity contribution >= 4 is 10.0 Å². The van der Waals surface area contributed by atoms with Gasteiger partial charge in [0.1, 0.15) is 0 Å². The van der Waals surface area contributed by atoms with E-state index in [0.717, 1.165) is 12.0 Å². The normalized spacial score (nSPS) is 16.6. The number of benzene rings is 1. The average molecular weight is 298 g/mol. The average Bonchev–Trinajstić information content (AvgIpc) is 2.45. The van der Waals surface area contributed by atoms with Gasteiger partial charge in [-0.15, -0.1) is 0 Å². The molecule has 3 unspecified atom stereocenters. The quantitative estimate of drug-likeness (QED) is 0.813. The SMILES string of the molecule is CCC(C)C(C)NS(=O)(=O)c1ccc(C(C)NC)cc1. The van der Waals surface area contributed by atoms with E-state index in [1.54, 1.807) is 12.1 Å². The fourth-order valence-electron chi connectivity index (χ4n) is 1.88. The second-order valence-electron chi connectivity index (χ2n) is 5.37. The summed E-state index contributed by atoms with van der Waals surface area (Å²) in [6.07, 6.45) is 0.947. The van der Waals surface area contributed by atoms with Gasteiger partial charge in [0.25, 0.3) is 0 Å². The van der Waals surface area contributed by atoms with Gasteiger partial charge in [-0.25, -0.2) is 13.1 Å². The molecule has 0 fully saturated rings. The molecule has 0 radical (unpaired) electrons. The third-order valence-electron chi connectivity index (χ3n) is 3.96. The van der Waals surface area contributed by atoms with Crippen LogP contribution in [0.15, 0.2) is 29.2 Å². The maximum atomic E-state index is 12.3. The highest BCUT2D eigenvalue weighted by molar-refractivity contribution is 7.89. The van der Waals surface area contributed by atoms with Gasteiger partial charge in [-0.2, -0.15) is 0 Å². The molecular weight excluding hydrogens is 272 g/mol. The summed E-state index contributed by atoms with van der Waals surface area (Å²) >= 11 is 0. The van der Waals surface area contributed by atoms with Gasteiger partial charge in [-0.1, -0.05) is 32.4 Å². The van der Waals surface area contributed by atoms with Crippen LogP contribution in [0.3, 0.4) is 0 Å². The topological polar surface area (TPSA) is 58.2 Å². The van der Waals surface area contributed by atoms with E-state index < -0.39 is 10.0 Å². The lowest BCUT2D eigenvalue weighted by Gasteiger charge is -2.20. The van der Waals surface area contributed by atoms with Gasteiger partial charge in [-0.05, 0) is 44.5 Å². The number of sulfonamides is 1. The molecule has 0 saturated heterocycles. The van der Waals surface area contributed by atoms with Gasteiger partial charge in [0.2, 0.25) is 10.0 Å². The second-order valence-corrected chi connectivity index (χ2v) is 7.09. The molecule has 0 aliphatic carbocycles. The van der Waals surface area contributed by atoms with E-state index in [-0.39, 0.29) is 12.1 Å². The fraction of sp³-hybridized carbons (Fsp3) is 0.600. The van der Waals surface area contributed by atoms with Crippen LogP contribution in [0, 0.1) is 5.92 Å². The minimum absolute atomic E-state index is 0.0686. The minimum Gasteiger partial charge on any atom is -0.313 e. The zero-order chi connectivity index (χ0) is 15.3. The molecule has 0 amide bonds. The number of rotatable bonds is 7. The number of hydrogen-bond acceptors (Lipinski definition) is 3. The van der Waals surface area contributed by atoms with Crippen LogP contribution < -0.4 is 10.0 Å². The summed E-state index contributed by atoms with van der Waals surface area (Å²) in [6, 6.07) is 7.16. The van der Waals surface area contributed by atoms with Gasteiger partial charge < -0.3 is 5.32 Å². The summed E-state index contributed by atoms with van der Waals surface area (Å²) in [6.45, 7) is 8.05. The molecule has 0 aliphatic rings. The van der Waals surface area contributed by atoms with E-state index in [2.05, 4.69) is 17.0 Å². The molecule has 114 valence electrons. The van der Waals surface area contributed by atoms with Crippen LogP contribution in [-0.4, -0.2) is 21.5 Å². The molecule has 5 heteroatoms. The third-order valence-corrected chi connectivity index (χ3v) is 5.54. The molecule has 0 bridgehead atoms. The monoisotopic (exact) mass is 298 g/mol. The Kier molecular flexibility index (Phi) is 6.17. The lowest BCUT2D eigenvalue weighted by Crippen LogP contribution is -2.36. The van der Waals surface area contributed by atoms with Crippen LogP contribution in [0.4, 0.5) is 0 Å². The molecular formula is C15H26N2O2S. The van der Waals surface area contributed by atoms with E-state index in [1.807, 2.05) is 40.0 Å². The highest BCUT2D eigenvalue weighted by Crippen LogP contribution is 2.17. The first-order valence-corrected chi connectivity index (χ1v) is 8.59. The molecule has 0 saturated carbocycles. The highest BCUT2D eigenvalue weighted by Gasteiger charge is 2.20. The lowest BCUT2D eigenvalue weighted by molar-refractivity contribution is 0.434. The highest BCUT2D eigenvalue weighted by atomic mass is 32.2. The summed E-state index contributed by atoms with van der Waals surface area (Å²) < 4.78 is 27.3. The van der Waals surface area contributed by atoms with Crippen LogP contribution in [-0.2, 0) is 10.0 Å². The molecule has 0 heterocycles. The minimum atomic E-state index is -3.43. The smallest absolute Gasteiger partial charge is 0.240 e. The Balaban J connectivity index is 2.88. The Morgan fingerprint density at radius 3 is 2.10 bits per heavy atom. The Labute approximate surface area is 123 Å². The zero-order valence-electron chi connectivity index (χ0n) is 13.0. The molecule has 1 aromatic rings. The standard InChI is InChI=1S/C15H26N2O2S/c1-6-11(2)12(3)17-20(18,19)15-9-7-14(8-10-15)13(4)16-5/h7-13,16-17H,6H2,1-5H3. The van der Waals surface area contributed by atoms with Crippen molar-refractivity contribution < 1.29 is 8.42 Å². The van der Waals surface area contributed by atoms with E-state index in [1.165, 1.54) is 0 Å². The molecule has 0 aromatic heterocycles. The van der Waals surface area contributed by atoms with Crippen molar-refractivity contribution in [1.82, 2.24) is 10.0 Å². The van der Waals surface area contributed by atoms with E-state index in [4.69, 9.17) is 0 Å². The molecule has 1 aromatic carbocycles. The molecule has 1 rings (SSSR count). The molecule has 20 heavy (non-hydrogen) atoms.